The zero-order valence-corrected chi connectivity index (χ0v) is 18.4. The maximum absolute atomic E-state index is 12.5. The molecule has 2 aliphatic rings. The Kier molecular flexibility index (Phi) is 7.48. The van der Waals surface area contributed by atoms with Crippen LogP contribution in [0.15, 0.2) is 54.5 Å². The maximum atomic E-state index is 12.5. The molecule has 2 aliphatic heterocycles. The average Bonchev–Trinajstić information content (AvgIpc) is 2.87. The van der Waals surface area contributed by atoms with E-state index in [2.05, 4.69) is 24.6 Å². The number of fused-ring (bicyclic) bond motifs is 1. The first-order valence-corrected chi connectivity index (χ1v) is 11.0. The van der Waals surface area contributed by atoms with Gasteiger partial charge in [-0.15, -0.1) is 0 Å². The van der Waals surface area contributed by atoms with Crippen LogP contribution in [0, 0.1) is 0 Å². The van der Waals surface area contributed by atoms with Gasteiger partial charge in [-0.25, -0.2) is 19.6 Å². The second kappa shape index (κ2) is 10.9. The summed E-state index contributed by atoms with van der Waals surface area (Å²) in [5.74, 6) is 4.49. The van der Waals surface area contributed by atoms with Gasteiger partial charge >= 0.3 is 11.9 Å². The molecule has 0 saturated carbocycles. The number of hydrogen-bond donors (Lipinski definition) is 1. The molecule has 3 heterocycles. The molecule has 0 spiro atoms. The number of hydrogen-bond acceptors (Lipinski definition) is 10. The first kappa shape index (κ1) is 22.7. The molecule has 4 rings (SSSR count). The normalized spacial score (nSPS) is 16.8. The van der Waals surface area contributed by atoms with Crippen molar-refractivity contribution in [3.63, 3.8) is 0 Å². The molecule has 0 unspecified atom stereocenters. The predicted octanol–water partition coefficient (Wildman–Crippen LogP) is 0.895. The van der Waals surface area contributed by atoms with Gasteiger partial charge in [0.05, 0.1) is 6.08 Å². The van der Waals surface area contributed by atoms with E-state index >= 15 is 0 Å². The summed E-state index contributed by atoms with van der Waals surface area (Å²) >= 11 is 0. The number of esters is 1. The number of aromatic nitrogens is 2. The molecular formula is C23H28N6O4. The minimum Gasteiger partial charge on any atom is -0.461 e. The molecule has 0 radical (unpaired) electrons. The third-order valence-electron chi connectivity index (χ3n) is 5.83. The molecule has 0 aliphatic carbocycles. The topological polar surface area (TPSA) is 114 Å². The van der Waals surface area contributed by atoms with E-state index < -0.39 is 11.9 Å². The summed E-state index contributed by atoms with van der Waals surface area (Å²) in [5, 5.41) is 0. The standard InChI is InChI=1S/C23H28N6O4/c24-33-22(31)20(29-10-3-6-18-5-1-2-7-19(18)29)17-21(30)32-16-15-27-11-13-28(14-12-27)23-25-8-4-9-26-23/h1-2,4-5,7-9,17H,3,6,10-16,24H2/b20-17-. The van der Waals surface area contributed by atoms with E-state index in [0.717, 1.165) is 56.2 Å². The molecule has 10 heteroatoms. The Morgan fingerprint density at radius 3 is 2.55 bits per heavy atom. The van der Waals surface area contributed by atoms with Gasteiger partial charge in [-0.3, -0.25) is 4.90 Å². The summed E-state index contributed by atoms with van der Waals surface area (Å²) < 4.78 is 5.39. The fraction of sp³-hybridized carbons (Fsp3) is 0.391. The Bertz CT molecular complexity index is 991. The van der Waals surface area contributed by atoms with E-state index in [1.54, 1.807) is 23.4 Å². The SMILES string of the molecule is NOC(=O)/C(=C/C(=O)OCCN1CCN(c2ncccn2)CC1)N1CCCc2ccccc21. The van der Waals surface area contributed by atoms with Gasteiger partial charge in [0.2, 0.25) is 5.95 Å². The van der Waals surface area contributed by atoms with Gasteiger partial charge in [-0.05, 0) is 30.5 Å². The van der Waals surface area contributed by atoms with E-state index in [0.29, 0.717) is 13.1 Å². The van der Waals surface area contributed by atoms with E-state index in [4.69, 9.17) is 10.6 Å². The molecule has 0 atom stereocenters. The molecule has 0 amide bonds. The number of nitrogens with zero attached hydrogens (tertiary/aromatic N) is 5. The van der Waals surface area contributed by atoms with E-state index in [1.807, 2.05) is 24.3 Å². The van der Waals surface area contributed by atoms with Crippen molar-refractivity contribution in [1.82, 2.24) is 14.9 Å². The summed E-state index contributed by atoms with van der Waals surface area (Å²) in [6, 6.07) is 9.57. The number of rotatable bonds is 7. The molecule has 1 saturated heterocycles. The molecule has 10 nitrogen and oxygen atoms in total. The van der Waals surface area contributed by atoms with Crippen LogP contribution in [0.3, 0.4) is 0 Å². The van der Waals surface area contributed by atoms with Crippen LogP contribution in [-0.2, 0) is 25.6 Å². The second-order valence-corrected chi connectivity index (χ2v) is 7.86. The Balaban J connectivity index is 1.31. The van der Waals surface area contributed by atoms with E-state index in [9.17, 15) is 9.59 Å². The van der Waals surface area contributed by atoms with Crippen LogP contribution in [0.4, 0.5) is 11.6 Å². The Morgan fingerprint density at radius 2 is 1.79 bits per heavy atom. The fourth-order valence-electron chi connectivity index (χ4n) is 4.15. The Morgan fingerprint density at radius 1 is 1.03 bits per heavy atom. The summed E-state index contributed by atoms with van der Waals surface area (Å²) in [6.07, 6.45) is 6.40. The summed E-state index contributed by atoms with van der Waals surface area (Å²) in [7, 11) is 0. The zero-order valence-electron chi connectivity index (χ0n) is 18.4. The number of piperazine rings is 1. The van der Waals surface area contributed by atoms with Gasteiger partial charge in [0.15, 0.2) is 0 Å². The van der Waals surface area contributed by atoms with Gasteiger partial charge in [0.25, 0.3) is 0 Å². The molecule has 1 aromatic heterocycles. The number of ether oxygens (including phenoxy) is 1. The first-order chi connectivity index (χ1) is 16.2. The third-order valence-corrected chi connectivity index (χ3v) is 5.83. The third kappa shape index (κ3) is 5.65. The molecule has 2 N–H and O–H groups in total. The van der Waals surface area contributed by atoms with Gasteiger partial charge in [-0.2, -0.15) is 5.90 Å². The monoisotopic (exact) mass is 452 g/mol. The van der Waals surface area contributed by atoms with Gasteiger partial charge in [-0.1, -0.05) is 18.2 Å². The van der Waals surface area contributed by atoms with E-state index in [-0.39, 0.29) is 12.3 Å². The lowest BCUT2D eigenvalue weighted by Crippen LogP contribution is -2.48. The largest absolute Gasteiger partial charge is 0.461 e. The summed E-state index contributed by atoms with van der Waals surface area (Å²) in [6.45, 7) is 4.66. The number of carbonyl (C=O) groups excluding carboxylic acids is 2. The average molecular weight is 453 g/mol. The van der Waals surface area contributed by atoms with Crippen LogP contribution >= 0.6 is 0 Å². The van der Waals surface area contributed by atoms with Crippen molar-refractivity contribution < 1.29 is 19.2 Å². The van der Waals surface area contributed by atoms with Crippen LogP contribution in [0.1, 0.15) is 12.0 Å². The predicted molar refractivity (Wildman–Crippen MR) is 122 cm³/mol. The van der Waals surface area contributed by atoms with Crippen LogP contribution in [-0.4, -0.2) is 72.7 Å². The summed E-state index contributed by atoms with van der Waals surface area (Å²) in [5.41, 5.74) is 2.05. The number of para-hydroxylation sites is 1. The minimum absolute atomic E-state index is 0.0751. The molecule has 0 bridgehead atoms. The van der Waals surface area contributed by atoms with Crippen molar-refractivity contribution in [2.24, 2.45) is 5.90 Å². The number of nitrogens with two attached hydrogens (primary N) is 1. The van der Waals surface area contributed by atoms with Gasteiger partial charge in [0.1, 0.15) is 12.3 Å². The van der Waals surface area contributed by atoms with Crippen molar-refractivity contribution >= 4 is 23.6 Å². The summed E-state index contributed by atoms with van der Waals surface area (Å²) in [4.78, 5) is 44.0. The smallest absolute Gasteiger partial charge is 0.373 e. The quantitative estimate of drug-likeness (QED) is 0.369. The Labute approximate surface area is 192 Å². The molecule has 174 valence electrons. The van der Waals surface area contributed by atoms with Crippen LogP contribution in [0.25, 0.3) is 0 Å². The fourth-order valence-corrected chi connectivity index (χ4v) is 4.15. The highest BCUT2D eigenvalue weighted by Gasteiger charge is 2.26. The van der Waals surface area contributed by atoms with Crippen LogP contribution in [0.5, 0.6) is 0 Å². The Hall–Kier alpha value is -3.50. The lowest BCUT2D eigenvalue weighted by atomic mass is 10.0. The van der Waals surface area contributed by atoms with Crippen LogP contribution < -0.4 is 15.7 Å². The van der Waals surface area contributed by atoms with Crippen molar-refractivity contribution in [1.29, 1.82) is 0 Å². The van der Waals surface area contributed by atoms with Crippen molar-refractivity contribution in [3.05, 3.63) is 60.1 Å². The van der Waals surface area contributed by atoms with Crippen molar-refractivity contribution in [2.75, 3.05) is 55.7 Å². The molecule has 2 aromatic rings. The molecule has 1 fully saturated rings. The minimum atomic E-state index is -0.775. The molecule has 33 heavy (non-hydrogen) atoms. The molecule has 1 aromatic carbocycles. The lowest BCUT2D eigenvalue weighted by molar-refractivity contribution is -0.142. The number of benzene rings is 1. The van der Waals surface area contributed by atoms with Crippen LogP contribution in [0.2, 0.25) is 0 Å². The van der Waals surface area contributed by atoms with E-state index in [1.165, 1.54) is 6.08 Å². The van der Waals surface area contributed by atoms with Gasteiger partial charge in [0, 0.05) is 57.3 Å². The highest BCUT2D eigenvalue weighted by atomic mass is 16.7. The number of carbonyl (C=O) groups is 2. The lowest BCUT2D eigenvalue weighted by Gasteiger charge is -2.34. The number of anilines is 2. The van der Waals surface area contributed by atoms with Crippen molar-refractivity contribution in [3.8, 4) is 0 Å². The number of aryl methyl sites for hydroxylation is 1. The highest BCUT2D eigenvalue weighted by molar-refractivity contribution is 5.99. The molecular weight excluding hydrogens is 424 g/mol. The second-order valence-electron chi connectivity index (χ2n) is 7.86. The zero-order chi connectivity index (χ0) is 23.0. The maximum Gasteiger partial charge on any atom is 0.373 e. The van der Waals surface area contributed by atoms with Gasteiger partial charge < -0.3 is 19.4 Å². The first-order valence-electron chi connectivity index (χ1n) is 11.0. The highest BCUT2D eigenvalue weighted by Crippen LogP contribution is 2.30. The van der Waals surface area contributed by atoms with Crippen molar-refractivity contribution in [2.45, 2.75) is 12.8 Å².